The number of carbonyl (C=O) groups is 2. The zero-order chi connectivity index (χ0) is 57.4. The highest BCUT2D eigenvalue weighted by molar-refractivity contribution is 6.46. The number of methoxy groups -OCH3 is 2. The first-order chi connectivity index (χ1) is 39.1. The van der Waals surface area contributed by atoms with E-state index in [1.807, 2.05) is 12.1 Å². The molecule has 11 nitrogen and oxygen atoms in total. The number of amides is 2. The van der Waals surface area contributed by atoms with Crippen molar-refractivity contribution >= 4 is 103 Å². The molecule has 0 saturated heterocycles. The van der Waals surface area contributed by atoms with Crippen LogP contribution in [0.15, 0.2) is 109 Å². The highest BCUT2D eigenvalue weighted by Crippen LogP contribution is 2.49. The number of halogens is 3. The van der Waals surface area contributed by atoms with E-state index in [0.717, 1.165) is 109 Å². The Morgan fingerprint density at radius 3 is 1.48 bits per heavy atom. The molecule has 4 N–H and O–H groups in total. The molecule has 0 spiro atoms. The van der Waals surface area contributed by atoms with Crippen molar-refractivity contribution in [3.8, 4) is 44.9 Å². The number of rotatable bonds is 15. The molecule has 0 atom stereocenters. The molecular weight excluding hydrogens is 1070 g/mol. The van der Waals surface area contributed by atoms with Gasteiger partial charge >= 0.3 is 0 Å². The number of hydrogen-bond donors (Lipinski definition) is 4. The number of aromatic amines is 2. The van der Waals surface area contributed by atoms with Crippen LogP contribution >= 0.6 is 34.8 Å². The van der Waals surface area contributed by atoms with Gasteiger partial charge in [-0.05, 0) is 163 Å². The molecule has 14 heteroatoms. The summed E-state index contributed by atoms with van der Waals surface area (Å²) >= 11 is 19.3. The minimum atomic E-state index is -0.353. The fraction of sp³-hybridized carbons (Fsp3) is 0.239. The average Bonchev–Trinajstić information content (AvgIpc) is 4.27. The van der Waals surface area contributed by atoms with Crippen LogP contribution in [0.3, 0.4) is 0 Å². The van der Waals surface area contributed by atoms with Crippen molar-refractivity contribution in [1.82, 2.24) is 24.9 Å². The smallest absolute Gasteiger partial charge is 0.256 e. The lowest BCUT2D eigenvalue weighted by Crippen LogP contribution is -2.16. The lowest BCUT2D eigenvalue weighted by atomic mass is 9.94. The van der Waals surface area contributed by atoms with Crippen LogP contribution in [0.5, 0.6) is 11.5 Å². The second-order valence-corrected chi connectivity index (χ2v) is 21.4. The van der Waals surface area contributed by atoms with E-state index in [9.17, 15) is 9.59 Å². The number of pyridine rings is 1. The number of benzene rings is 4. The molecule has 6 heterocycles. The summed E-state index contributed by atoms with van der Waals surface area (Å²) in [4.78, 5) is 50.4. The number of anilines is 2. The maximum atomic E-state index is 13.6. The monoisotopic (exact) mass is 1140 g/mol. The zero-order valence-electron chi connectivity index (χ0n) is 47.2. The zero-order valence-corrected chi connectivity index (χ0v) is 49.5. The van der Waals surface area contributed by atoms with Crippen LogP contribution in [0.4, 0.5) is 11.6 Å². The molecule has 0 unspecified atom stereocenters. The van der Waals surface area contributed by atoms with E-state index in [2.05, 4.69) is 148 Å². The Hall–Kier alpha value is -7.96. The molecular formula is C67H64Cl3N7O4. The van der Waals surface area contributed by atoms with E-state index in [1.165, 1.54) is 53.2 Å². The van der Waals surface area contributed by atoms with Crippen LogP contribution in [0.1, 0.15) is 122 Å². The number of aryl methyl sites for hydroxylation is 4. The Morgan fingerprint density at radius 2 is 0.988 bits per heavy atom. The van der Waals surface area contributed by atoms with Crippen molar-refractivity contribution in [2.45, 2.75) is 93.9 Å². The first-order valence-electron chi connectivity index (χ1n) is 27.4. The van der Waals surface area contributed by atoms with E-state index < -0.39 is 0 Å². The number of hydrogen-bond acceptors (Lipinski definition) is 7. The summed E-state index contributed by atoms with van der Waals surface area (Å²) < 4.78 is 10.8. The Labute approximate surface area is 487 Å². The second-order valence-electron chi connectivity index (χ2n) is 20.3. The van der Waals surface area contributed by atoms with Gasteiger partial charge in [0.2, 0.25) is 5.91 Å². The van der Waals surface area contributed by atoms with Crippen molar-refractivity contribution in [1.29, 1.82) is 0 Å². The Morgan fingerprint density at radius 1 is 0.519 bits per heavy atom. The highest BCUT2D eigenvalue weighted by atomic mass is 35.5. The molecule has 10 rings (SSSR count). The van der Waals surface area contributed by atoms with Gasteiger partial charge in [0.05, 0.1) is 53.1 Å². The van der Waals surface area contributed by atoms with Gasteiger partial charge in [-0.25, -0.2) is 15.0 Å². The summed E-state index contributed by atoms with van der Waals surface area (Å²) in [5.41, 5.74) is 24.9. The van der Waals surface area contributed by atoms with Crippen molar-refractivity contribution < 1.29 is 19.1 Å². The van der Waals surface area contributed by atoms with Gasteiger partial charge in [0.25, 0.3) is 5.91 Å². The third-order valence-corrected chi connectivity index (χ3v) is 17.0. The first kappa shape index (κ1) is 56.3. The van der Waals surface area contributed by atoms with Crippen LogP contribution in [0.25, 0.3) is 77.7 Å². The molecule has 81 heavy (non-hydrogen) atoms. The molecule has 412 valence electrons. The number of fused-ring (bicyclic) bond motifs is 8. The second kappa shape index (κ2) is 23.6. The maximum Gasteiger partial charge on any atom is 0.256 e. The molecule has 2 amide bonds. The summed E-state index contributed by atoms with van der Waals surface area (Å²) in [5, 5.41) is 6.13. The van der Waals surface area contributed by atoms with Crippen LogP contribution in [-0.4, -0.2) is 51.0 Å². The average molecular weight is 1140 g/mol. The van der Waals surface area contributed by atoms with E-state index in [4.69, 9.17) is 54.2 Å². The van der Waals surface area contributed by atoms with Gasteiger partial charge in [-0.1, -0.05) is 135 Å². The van der Waals surface area contributed by atoms with Crippen molar-refractivity contribution in [2.75, 3.05) is 24.9 Å². The van der Waals surface area contributed by atoms with Crippen LogP contribution < -0.4 is 20.1 Å². The number of ether oxygens (including phenoxy) is 2. The van der Waals surface area contributed by atoms with Gasteiger partial charge in [0, 0.05) is 39.7 Å². The predicted molar refractivity (Wildman–Crippen MR) is 335 cm³/mol. The SMILES string of the molecule is CCC1=C(C)c2nc1cc1[nH]c(c(C)c1CC)c(-c1ccccc1)c1nc(cc3[nH]c(c(C)c3CC)c2-c2ccc(-c3ccc(C(=O)Nc4cccc(NC(=O)CCc5c(Cl)c(OC)c(Cl)c(Cl)c5OC)n4)cc3)cc2)C(CC)=C1C. The van der Waals surface area contributed by atoms with E-state index in [1.54, 1.807) is 30.3 Å². The van der Waals surface area contributed by atoms with Gasteiger partial charge in [-0.15, -0.1) is 0 Å². The summed E-state index contributed by atoms with van der Waals surface area (Å²) in [5.74, 6) is 0.287. The van der Waals surface area contributed by atoms with Crippen molar-refractivity contribution in [2.24, 2.45) is 0 Å². The summed E-state index contributed by atoms with van der Waals surface area (Å²) in [6.07, 6.45) is 3.53. The standard InChI is InChI=1S/C67H64Cl3N7O4/c1-11-44-35(5)61-56(41-19-16-15-17-20-41)62-36(6)45(12-2)50(72-62)34-52-47(14-4)38(8)64(74-52)57(63-37(7)46(13-3)51(73-63)33-49(44)71-61)42-27-23-39(24-28-42)40-25-29-43(30-26-40)67(79)77-54-22-18-21-53(75-54)76-55(78)32-31-48-58(68)66(81-10)60(70)59(69)65(48)80-9/h15-30,33-34,71,74H,11-14,31-32H2,1-10H3,(H2,75,76,77,78,79). The van der Waals surface area contributed by atoms with Gasteiger partial charge in [0.15, 0.2) is 5.75 Å². The van der Waals surface area contributed by atoms with Gasteiger partial charge in [-0.2, -0.15) is 0 Å². The van der Waals surface area contributed by atoms with Gasteiger partial charge in [-0.3, -0.25) is 9.59 Å². The maximum absolute atomic E-state index is 13.6. The number of H-pyrrole nitrogens is 2. The topological polar surface area (TPSA) is 147 Å². The molecule has 2 aliphatic rings. The first-order valence-corrected chi connectivity index (χ1v) is 28.6. The molecule has 2 aliphatic heterocycles. The normalized spacial score (nSPS) is 12.3. The Bertz CT molecular complexity index is 4060. The van der Waals surface area contributed by atoms with Crippen molar-refractivity contribution in [3.05, 3.63) is 180 Å². The molecule has 4 aromatic carbocycles. The lowest BCUT2D eigenvalue weighted by Gasteiger charge is -2.17. The molecule has 0 radical (unpaired) electrons. The molecule has 0 saturated carbocycles. The number of aromatic nitrogens is 5. The van der Waals surface area contributed by atoms with Crippen LogP contribution in [0.2, 0.25) is 15.1 Å². The van der Waals surface area contributed by atoms with Gasteiger partial charge < -0.3 is 30.1 Å². The summed E-state index contributed by atoms with van der Waals surface area (Å²) in [6, 6.07) is 36.3. The van der Waals surface area contributed by atoms with Crippen LogP contribution in [0, 0.1) is 13.8 Å². The van der Waals surface area contributed by atoms with Crippen LogP contribution in [-0.2, 0) is 24.1 Å². The minimum Gasteiger partial charge on any atom is -0.495 e. The van der Waals surface area contributed by atoms with Gasteiger partial charge in [0.1, 0.15) is 27.4 Å². The number of nitrogens with zero attached hydrogens (tertiary/aromatic N) is 3. The quantitative estimate of drug-likeness (QED) is 0.0748. The molecule has 0 fully saturated rings. The fourth-order valence-electron chi connectivity index (χ4n) is 11.6. The Kier molecular flexibility index (Phi) is 16.4. The largest absolute Gasteiger partial charge is 0.495 e. The molecule has 8 aromatic rings. The molecule has 8 bridgehead atoms. The highest BCUT2D eigenvalue weighted by Gasteiger charge is 2.27. The summed E-state index contributed by atoms with van der Waals surface area (Å²) in [6.45, 7) is 17.8. The minimum absolute atomic E-state index is 0.0141. The third kappa shape index (κ3) is 10.5. The van der Waals surface area contributed by atoms with Crippen molar-refractivity contribution in [3.63, 3.8) is 0 Å². The van der Waals surface area contributed by atoms with E-state index in [0.29, 0.717) is 11.1 Å². The van der Waals surface area contributed by atoms with E-state index in [-0.39, 0.29) is 62.9 Å². The van der Waals surface area contributed by atoms with E-state index >= 15 is 0 Å². The number of nitrogens with one attached hydrogen (secondary N) is 4. The fourth-order valence-corrected chi connectivity index (χ4v) is 12.5. The summed E-state index contributed by atoms with van der Waals surface area (Å²) in [7, 11) is 2.87. The lowest BCUT2D eigenvalue weighted by molar-refractivity contribution is -0.116. The Balaban J connectivity index is 0.980. The third-order valence-electron chi connectivity index (χ3n) is 15.8. The molecule has 0 aliphatic carbocycles. The number of carbonyl (C=O) groups excluding carboxylic acids is 2. The predicted octanol–water partition coefficient (Wildman–Crippen LogP) is 17.9. The number of allylic oxidation sites excluding steroid dienone is 4. The molecule has 4 aromatic heterocycles.